The fourth-order valence-corrected chi connectivity index (χ4v) is 7.41. The molecule has 0 heterocycles. The monoisotopic (exact) mass is 752 g/mol. The Bertz CT molecular complexity index is 1660. The second-order valence-electron chi connectivity index (χ2n) is 12.7. The molecule has 1 atom stereocenters. The summed E-state index contributed by atoms with van der Waals surface area (Å²) >= 11 is 1.46. The van der Waals surface area contributed by atoms with Crippen molar-refractivity contribution in [3.05, 3.63) is 148 Å². The van der Waals surface area contributed by atoms with E-state index in [1.54, 1.807) is 16.7 Å². The van der Waals surface area contributed by atoms with Crippen LogP contribution >= 0.6 is 0 Å². The summed E-state index contributed by atoms with van der Waals surface area (Å²) in [6.07, 6.45) is 14.0. The first-order valence-electron chi connectivity index (χ1n) is 17.5. The first-order chi connectivity index (χ1) is 22.4. The van der Waals surface area contributed by atoms with Crippen molar-refractivity contribution in [3.8, 4) is 0 Å². The van der Waals surface area contributed by atoms with Gasteiger partial charge in [0, 0.05) is 0 Å². The molecule has 0 saturated heterocycles. The number of rotatable bonds is 10. The summed E-state index contributed by atoms with van der Waals surface area (Å²) in [6, 6.07) is 36.7. The molecule has 252 valence electrons. The zero-order chi connectivity index (χ0) is 32.9. The molecule has 0 bridgehead atoms. The third-order valence-corrected chi connectivity index (χ3v) is 10.2. The Morgan fingerprint density at radius 2 is 1.10 bits per heavy atom. The molecule has 48 heavy (non-hydrogen) atoms. The van der Waals surface area contributed by atoms with Gasteiger partial charge in [-0.2, -0.15) is 11.1 Å². The van der Waals surface area contributed by atoms with Crippen LogP contribution in [0.2, 0.25) is 0 Å². The molecule has 0 amide bonds. The van der Waals surface area contributed by atoms with Crippen LogP contribution in [0.3, 0.4) is 0 Å². The normalized spacial score (nSPS) is 13.5. The molecule has 0 aliphatic heterocycles. The zero-order valence-electron chi connectivity index (χ0n) is 29.8. The molecule has 0 radical (unpaired) electrons. The molecule has 1 aliphatic rings. The quantitative estimate of drug-likeness (QED) is 0.135. The zero-order valence-corrected chi connectivity index (χ0v) is 33.8. The number of allylic oxidation sites excluding steroid dienone is 4. The summed E-state index contributed by atoms with van der Waals surface area (Å²) in [5.74, 6) is 0.656. The Morgan fingerprint density at radius 1 is 0.625 bits per heavy atom. The topological polar surface area (TPSA) is 0 Å². The minimum atomic E-state index is 0. The third-order valence-electron chi connectivity index (χ3n) is 8.76. The Balaban J connectivity index is 0.000000246. The number of aryl methyl sites for hydroxylation is 2. The molecule has 6 rings (SSSR count). The van der Waals surface area contributed by atoms with Crippen LogP contribution in [0.1, 0.15) is 101 Å². The molecule has 0 nitrogen and oxygen atoms in total. The van der Waals surface area contributed by atoms with E-state index >= 15 is 0 Å². The van der Waals surface area contributed by atoms with Crippen molar-refractivity contribution >= 4 is 24.8 Å². The summed E-state index contributed by atoms with van der Waals surface area (Å²) < 4.78 is 1.42. The molecule has 0 aromatic heterocycles. The maximum absolute atomic E-state index is 3.81. The van der Waals surface area contributed by atoms with E-state index in [-0.39, 0.29) is 24.8 Å². The molecule has 1 aliphatic carbocycles. The molecule has 5 aromatic rings. The number of halogens is 2. The van der Waals surface area contributed by atoms with Crippen LogP contribution in [0.4, 0.5) is 0 Å². The Kier molecular flexibility index (Phi) is 18.8. The van der Waals surface area contributed by atoms with Gasteiger partial charge in [0.1, 0.15) is 0 Å². The molecular formula is C45H52Cl2Zr-2. The summed E-state index contributed by atoms with van der Waals surface area (Å²) in [7, 11) is 0. The van der Waals surface area contributed by atoms with Crippen molar-refractivity contribution in [1.82, 2.24) is 0 Å². The molecular weight excluding hydrogens is 703 g/mol. The molecule has 0 N–H and O–H groups in total. The van der Waals surface area contributed by atoms with Gasteiger partial charge in [0.05, 0.1) is 0 Å². The van der Waals surface area contributed by atoms with Crippen molar-refractivity contribution in [3.63, 3.8) is 0 Å². The van der Waals surface area contributed by atoms with E-state index < -0.39 is 0 Å². The number of benzene rings is 4. The number of hydrogen-bond acceptors (Lipinski definition) is 0. The Morgan fingerprint density at radius 3 is 1.54 bits per heavy atom. The van der Waals surface area contributed by atoms with Crippen LogP contribution in [0.5, 0.6) is 0 Å². The van der Waals surface area contributed by atoms with Crippen LogP contribution in [-0.2, 0) is 24.2 Å². The molecule has 0 saturated carbocycles. The van der Waals surface area contributed by atoms with Crippen molar-refractivity contribution in [2.24, 2.45) is 5.92 Å². The molecule has 0 spiro atoms. The summed E-state index contributed by atoms with van der Waals surface area (Å²) in [5.41, 5.74) is 10.3. The number of hydrogen-bond donors (Lipinski definition) is 0. The van der Waals surface area contributed by atoms with E-state index in [0.717, 1.165) is 0 Å². The average molecular weight is 755 g/mol. The Labute approximate surface area is 318 Å². The predicted molar refractivity (Wildman–Crippen MR) is 200 cm³/mol. The summed E-state index contributed by atoms with van der Waals surface area (Å²) in [6.45, 7) is 13.5. The molecule has 1 unspecified atom stereocenters. The fraction of sp³-hybridized carbons (Fsp3) is 0.333. The van der Waals surface area contributed by atoms with Crippen LogP contribution in [0, 0.1) is 25.8 Å². The van der Waals surface area contributed by atoms with Crippen LogP contribution < -0.4 is 24.8 Å². The fourth-order valence-electron chi connectivity index (χ4n) is 6.59. The molecule has 0 fully saturated rings. The average Bonchev–Trinajstić information content (AvgIpc) is 3.58. The van der Waals surface area contributed by atoms with Gasteiger partial charge in [0.15, 0.2) is 0 Å². The van der Waals surface area contributed by atoms with Crippen LogP contribution in [0.15, 0.2) is 120 Å². The Hall–Kier alpha value is -2.44. The van der Waals surface area contributed by atoms with E-state index in [0.29, 0.717) is 5.92 Å². The number of fused-ring (bicyclic) bond motifs is 3. The third kappa shape index (κ3) is 11.3. The van der Waals surface area contributed by atoms with Gasteiger partial charge in [-0.05, 0) is 20.3 Å². The van der Waals surface area contributed by atoms with E-state index in [1.807, 2.05) is 0 Å². The van der Waals surface area contributed by atoms with Gasteiger partial charge in [-0.15, -0.1) is 39.7 Å². The van der Waals surface area contributed by atoms with Gasteiger partial charge in [0.25, 0.3) is 0 Å². The maximum atomic E-state index is 3.81. The van der Waals surface area contributed by atoms with Gasteiger partial charge >= 0.3 is 99.2 Å². The van der Waals surface area contributed by atoms with Crippen molar-refractivity contribution in [2.45, 2.75) is 92.9 Å². The summed E-state index contributed by atoms with van der Waals surface area (Å²) in [5, 5.41) is 5.46. The van der Waals surface area contributed by atoms with E-state index in [1.165, 1.54) is 123 Å². The second-order valence-corrected chi connectivity index (χ2v) is 13.9. The summed E-state index contributed by atoms with van der Waals surface area (Å²) in [4.78, 5) is 0. The van der Waals surface area contributed by atoms with E-state index in [2.05, 4.69) is 151 Å². The molecule has 3 heteroatoms. The minimum absolute atomic E-state index is 0. The van der Waals surface area contributed by atoms with Gasteiger partial charge in [0.2, 0.25) is 0 Å². The van der Waals surface area contributed by atoms with E-state index in [4.69, 9.17) is 0 Å². The van der Waals surface area contributed by atoms with E-state index in [9.17, 15) is 0 Å². The SMILES string of the molecule is CCCC1=[C-]C(CCC)C(CCC)=C1CCC.Cc1ccc2c(c1)[cH-]c1cc(C)ccc12.[Cl-].[Cl-].[Zr+2]=[C](c1ccccc1)c1ccccc1. The van der Waals surface area contributed by atoms with Gasteiger partial charge in [-0.3, -0.25) is 6.08 Å². The molecule has 5 aromatic carbocycles. The van der Waals surface area contributed by atoms with Gasteiger partial charge in [-0.1, -0.05) is 114 Å². The van der Waals surface area contributed by atoms with Gasteiger partial charge < -0.3 is 24.8 Å². The predicted octanol–water partition coefficient (Wildman–Crippen LogP) is 6.98. The van der Waals surface area contributed by atoms with Crippen molar-refractivity contribution in [1.29, 1.82) is 0 Å². The first-order valence-corrected chi connectivity index (χ1v) is 18.7. The van der Waals surface area contributed by atoms with Gasteiger partial charge in [-0.25, -0.2) is 5.57 Å². The van der Waals surface area contributed by atoms with Crippen LogP contribution in [0.25, 0.3) is 21.5 Å². The van der Waals surface area contributed by atoms with Crippen molar-refractivity contribution < 1.29 is 49.0 Å². The standard InChI is InChI=1S/C17H29.C15H13.C13H10.2ClH.Zr/c1-5-9-14-13-15(10-6-2)17(12-8-4)16(14)11-7-3;1-10-3-5-14-12(7-10)9-13-8-11(2)4-6-15(13)14;1-3-7-12(8-4-1)11-13-9-5-2-6-10-13;;;/h14H,5-12H2,1-4H3;3-9H,1-2H3;1-10H;2*1H;/q2*-1;;;;+2/p-2. The van der Waals surface area contributed by atoms with Crippen molar-refractivity contribution in [2.75, 3.05) is 0 Å². The second kappa shape index (κ2) is 21.6. The first kappa shape index (κ1) is 41.7. The van der Waals surface area contributed by atoms with Crippen LogP contribution in [-0.4, -0.2) is 3.21 Å².